The predicted molar refractivity (Wildman–Crippen MR) is 140 cm³/mol. The van der Waals surface area contributed by atoms with Gasteiger partial charge in [-0.3, -0.25) is 24.1 Å². The molecule has 2 amide bonds. The molecule has 4 atom stereocenters. The van der Waals surface area contributed by atoms with Crippen molar-refractivity contribution in [2.75, 3.05) is 26.4 Å². The molecule has 2 bridgehead atoms. The summed E-state index contributed by atoms with van der Waals surface area (Å²) in [5.41, 5.74) is -3.23. The molecule has 1 N–H and O–H groups in total. The molecule has 38 heavy (non-hydrogen) atoms. The Morgan fingerprint density at radius 3 is 2.16 bits per heavy atom. The van der Waals surface area contributed by atoms with Crippen LogP contribution in [0.4, 0.5) is 0 Å². The molecule has 0 aromatic heterocycles. The van der Waals surface area contributed by atoms with Crippen LogP contribution in [0, 0.1) is 11.8 Å². The summed E-state index contributed by atoms with van der Waals surface area (Å²) in [6.45, 7) is 5.02. The third-order valence-corrected chi connectivity index (χ3v) is 7.39. The standard InChI is InChI=1S/C26H29Br2NO9/c1-23(2,27)21(33)35-11-10-29-19(31)17-18(20(29)32)26(13-30)16(37-15-8-6-5-7-9-15)12-25(17,38-26)14-36-22(34)24(3,4)28/h5-9,12,17-18,30H,10-11,13-14H2,1-4H3. The van der Waals surface area contributed by atoms with Crippen molar-refractivity contribution in [1.29, 1.82) is 0 Å². The van der Waals surface area contributed by atoms with E-state index in [2.05, 4.69) is 31.9 Å². The van der Waals surface area contributed by atoms with Crippen LogP contribution >= 0.6 is 31.9 Å². The number of carbonyl (C=O) groups is 4. The second-order valence-electron chi connectivity index (χ2n) is 10.5. The number of likely N-dealkylation sites (tertiary alicyclic amines) is 1. The highest BCUT2D eigenvalue weighted by Gasteiger charge is 2.77. The summed E-state index contributed by atoms with van der Waals surface area (Å²) in [7, 11) is 0. The third kappa shape index (κ3) is 4.91. The van der Waals surface area contributed by atoms with Gasteiger partial charge in [0.05, 0.1) is 25.0 Å². The monoisotopic (exact) mass is 657 g/mol. The maximum Gasteiger partial charge on any atom is 0.322 e. The Hall–Kier alpha value is -2.28. The van der Waals surface area contributed by atoms with Crippen LogP contribution in [-0.2, 0) is 33.4 Å². The summed E-state index contributed by atoms with van der Waals surface area (Å²) in [5, 5.41) is 10.6. The molecule has 3 heterocycles. The van der Waals surface area contributed by atoms with Gasteiger partial charge in [-0.05, 0) is 45.9 Å². The normalized spacial score (nSPS) is 28.3. The van der Waals surface area contributed by atoms with Gasteiger partial charge in [-0.25, -0.2) is 0 Å². The second-order valence-corrected chi connectivity index (χ2v) is 14.4. The van der Waals surface area contributed by atoms with E-state index in [9.17, 15) is 24.3 Å². The molecule has 3 aliphatic rings. The fourth-order valence-corrected chi connectivity index (χ4v) is 5.12. The number of hydrogen-bond acceptors (Lipinski definition) is 9. The van der Waals surface area contributed by atoms with Crippen LogP contribution in [0.2, 0.25) is 0 Å². The molecule has 10 nitrogen and oxygen atoms in total. The summed E-state index contributed by atoms with van der Waals surface area (Å²) >= 11 is 6.47. The van der Waals surface area contributed by atoms with Crippen molar-refractivity contribution in [2.45, 2.75) is 47.5 Å². The highest BCUT2D eigenvalue weighted by molar-refractivity contribution is 9.10. The van der Waals surface area contributed by atoms with Gasteiger partial charge in [0.2, 0.25) is 11.8 Å². The fourth-order valence-electron chi connectivity index (χ4n) is 4.89. The number of hydrogen-bond donors (Lipinski definition) is 1. The smallest absolute Gasteiger partial charge is 0.322 e. The first-order chi connectivity index (χ1) is 17.7. The molecule has 12 heteroatoms. The van der Waals surface area contributed by atoms with Crippen molar-refractivity contribution in [2.24, 2.45) is 11.8 Å². The average molecular weight is 659 g/mol. The summed E-state index contributed by atoms with van der Waals surface area (Å²) in [5.74, 6) is -3.95. The van der Waals surface area contributed by atoms with Crippen LogP contribution in [0.5, 0.6) is 5.75 Å². The molecule has 0 saturated carbocycles. The summed E-state index contributed by atoms with van der Waals surface area (Å²) in [4.78, 5) is 52.9. The number of halogens is 2. The molecule has 4 unspecified atom stereocenters. The number of alkyl halides is 2. The predicted octanol–water partition coefficient (Wildman–Crippen LogP) is 2.50. The van der Waals surface area contributed by atoms with E-state index >= 15 is 0 Å². The fraction of sp³-hybridized carbons (Fsp3) is 0.538. The molecule has 2 saturated heterocycles. The number of aliphatic hydroxyl groups excluding tert-OH is 1. The number of carbonyl (C=O) groups excluding carboxylic acids is 4. The van der Waals surface area contributed by atoms with Gasteiger partial charge >= 0.3 is 11.9 Å². The number of amides is 2. The second kappa shape index (κ2) is 10.0. The van der Waals surface area contributed by atoms with Crippen molar-refractivity contribution in [1.82, 2.24) is 4.90 Å². The minimum absolute atomic E-state index is 0.150. The number of benzene rings is 1. The molecule has 0 spiro atoms. The van der Waals surface area contributed by atoms with E-state index in [1.165, 1.54) is 6.08 Å². The molecule has 4 rings (SSSR count). The van der Waals surface area contributed by atoms with Gasteiger partial charge in [0.25, 0.3) is 0 Å². The van der Waals surface area contributed by atoms with Crippen LogP contribution in [0.3, 0.4) is 0 Å². The number of esters is 2. The van der Waals surface area contributed by atoms with Crippen molar-refractivity contribution >= 4 is 55.6 Å². The summed E-state index contributed by atoms with van der Waals surface area (Å²) in [6, 6.07) is 8.72. The van der Waals surface area contributed by atoms with Crippen molar-refractivity contribution in [3.63, 3.8) is 0 Å². The van der Waals surface area contributed by atoms with Gasteiger partial charge in [-0.1, -0.05) is 50.1 Å². The zero-order valence-corrected chi connectivity index (χ0v) is 24.5. The first kappa shape index (κ1) is 28.7. The molecular weight excluding hydrogens is 630 g/mol. The van der Waals surface area contributed by atoms with E-state index in [0.717, 1.165) is 4.90 Å². The summed E-state index contributed by atoms with van der Waals surface area (Å²) < 4.78 is 21.1. The Morgan fingerprint density at radius 2 is 1.58 bits per heavy atom. The van der Waals surface area contributed by atoms with Gasteiger partial charge in [0, 0.05) is 0 Å². The first-order valence-corrected chi connectivity index (χ1v) is 13.6. The van der Waals surface area contributed by atoms with Crippen molar-refractivity contribution in [3.05, 3.63) is 42.2 Å². The lowest BCUT2D eigenvalue weighted by Gasteiger charge is -2.31. The maximum atomic E-state index is 13.6. The maximum absolute atomic E-state index is 13.6. The molecule has 0 radical (unpaired) electrons. The number of aliphatic hydroxyl groups is 1. The van der Waals surface area contributed by atoms with E-state index in [4.69, 9.17) is 18.9 Å². The number of imide groups is 1. The highest BCUT2D eigenvalue weighted by atomic mass is 79.9. The number of fused-ring (bicyclic) bond motifs is 5. The van der Waals surface area contributed by atoms with Gasteiger partial charge in [0.1, 0.15) is 39.0 Å². The Balaban J connectivity index is 1.66. The highest BCUT2D eigenvalue weighted by Crippen LogP contribution is 2.60. The van der Waals surface area contributed by atoms with Crippen LogP contribution < -0.4 is 4.74 Å². The van der Waals surface area contributed by atoms with E-state index in [1.807, 2.05) is 0 Å². The van der Waals surface area contributed by atoms with Crippen molar-refractivity contribution in [3.8, 4) is 5.75 Å². The van der Waals surface area contributed by atoms with E-state index < -0.39 is 62.0 Å². The zero-order chi connectivity index (χ0) is 28.1. The Kier molecular flexibility index (Phi) is 7.59. The van der Waals surface area contributed by atoms with E-state index in [1.54, 1.807) is 58.0 Å². The molecule has 2 fully saturated rings. The van der Waals surface area contributed by atoms with Crippen LogP contribution in [0.1, 0.15) is 27.7 Å². The molecule has 0 aliphatic carbocycles. The first-order valence-electron chi connectivity index (χ1n) is 12.0. The molecule has 3 aliphatic heterocycles. The van der Waals surface area contributed by atoms with Crippen molar-refractivity contribution < 1.29 is 43.2 Å². The number of nitrogens with zero attached hydrogens (tertiary/aromatic N) is 1. The Bertz CT molecular complexity index is 1170. The summed E-state index contributed by atoms with van der Waals surface area (Å²) in [6.07, 6.45) is 1.52. The number of para-hydroxylation sites is 1. The lowest BCUT2D eigenvalue weighted by atomic mass is 9.71. The minimum Gasteiger partial charge on any atom is -0.463 e. The molecule has 206 valence electrons. The molecule has 1 aromatic rings. The Labute approximate surface area is 236 Å². The lowest BCUT2D eigenvalue weighted by Crippen LogP contribution is -2.47. The van der Waals surface area contributed by atoms with Crippen LogP contribution in [0.25, 0.3) is 0 Å². The zero-order valence-electron chi connectivity index (χ0n) is 21.4. The SMILES string of the molecule is CC(C)(Br)C(=O)OCCN1C(=O)C2C(C1=O)C1(CO)OC2(COC(=O)C(C)(C)Br)C=C1Oc1ccccc1. The largest absolute Gasteiger partial charge is 0.463 e. The van der Waals surface area contributed by atoms with Gasteiger partial charge in [0.15, 0.2) is 5.60 Å². The molecule has 1 aromatic carbocycles. The van der Waals surface area contributed by atoms with E-state index in [0.29, 0.717) is 5.75 Å². The van der Waals surface area contributed by atoms with Crippen LogP contribution in [0.15, 0.2) is 42.2 Å². The number of rotatable bonds is 10. The van der Waals surface area contributed by atoms with Gasteiger partial charge < -0.3 is 24.1 Å². The van der Waals surface area contributed by atoms with E-state index in [-0.39, 0.29) is 25.5 Å². The quantitative estimate of drug-likeness (QED) is 0.229. The Morgan fingerprint density at radius 1 is 1.00 bits per heavy atom. The number of ether oxygens (including phenoxy) is 4. The topological polar surface area (TPSA) is 129 Å². The lowest BCUT2D eigenvalue weighted by molar-refractivity contribution is -0.166. The third-order valence-electron chi connectivity index (χ3n) is 6.74. The van der Waals surface area contributed by atoms with Gasteiger partial charge in [-0.15, -0.1) is 0 Å². The average Bonchev–Trinajstić information content (AvgIpc) is 3.41. The van der Waals surface area contributed by atoms with Gasteiger partial charge in [-0.2, -0.15) is 0 Å². The van der Waals surface area contributed by atoms with Crippen LogP contribution in [-0.4, -0.2) is 80.0 Å². The minimum atomic E-state index is -1.67. The molecular formula is C26H29Br2NO9.